The Labute approximate surface area is 119 Å². The van der Waals surface area contributed by atoms with Crippen LogP contribution in [0.3, 0.4) is 0 Å². The van der Waals surface area contributed by atoms with Crippen molar-refractivity contribution in [1.29, 1.82) is 0 Å². The summed E-state index contributed by atoms with van der Waals surface area (Å²) in [4.78, 5) is 0. The summed E-state index contributed by atoms with van der Waals surface area (Å²) in [6, 6.07) is 8.37. The van der Waals surface area contributed by atoms with E-state index in [1.54, 1.807) is 0 Å². The lowest BCUT2D eigenvalue weighted by molar-refractivity contribution is 0.302. The highest BCUT2D eigenvalue weighted by Gasteiger charge is 2.06. The van der Waals surface area contributed by atoms with Crippen LogP contribution < -0.4 is 10.1 Å². The number of aryl methyl sites for hydroxylation is 1. The van der Waals surface area contributed by atoms with Crippen LogP contribution in [0.15, 0.2) is 28.7 Å². The fourth-order valence-electron chi connectivity index (χ4n) is 1.71. The standard InChI is InChI=1S/C15H21N3O2/c1-11(2)16-10-15-18-17-14(20-15)7-8-19-13-6-4-5-12(3)9-13/h4-6,9,11,16H,7-8,10H2,1-3H3. The predicted octanol–water partition coefficient (Wildman–Crippen LogP) is 2.50. The van der Waals surface area contributed by atoms with Gasteiger partial charge in [-0.15, -0.1) is 10.2 Å². The molecule has 0 unspecified atom stereocenters. The fraction of sp³-hybridized carbons (Fsp3) is 0.467. The topological polar surface area (TPSA) is 60.2 Å². The van der Waals surface area contributed by atoms with Gasteiger partial charge in [-0.3, -0.25) is 0 Å². The van der Waals surface area contributed by atoms with Gasteiger partial charge in [0.25, 0.3) is 0 Å². The molecule has 20 heavy (non-hydrogen) atoms. The number of nitrogens with zero attached hydrogens (tertiary/aromatic N) is 2. The largest absolute Gasteiger partial charge is 0.493 e. The van der Waals surface area contributed by atoms with Crippen molar-refractivity contribution < 1.29 is 9.15 Å². The van der Waals surface area contributed by atoms with Crippen molar-refractivity contribution in [1.82, 2.24) is 15.5 Å². The molecule has 0 amide bonds. The molecule has 1 aromatic carbocycles. The SMILES string of the molecule is Cc1cccc(OCCc2nnc(CNC(C)C)o2)c1. The second-order valence-electron chi connectivity index (χ2n) is 5.04. The maximum absolute atomic E-state index is 5.65. The average Bonchev–Trinajstić information content (AvgIpc) is 2.84. The molecule has 1 aromatic heterocycles. The minimum atomic E-state index is 0.398. The molecule has 0 aliphatic carbocycles. The summed E-state index contributed by atoms with van der Waals surface area (Å²) in [5.41, 5.74) is 1.18. The van der Waals surface area contributed by atoms with Crippen LogP contribution in [-0.2, 0) is 13.0 Å². The molecule has 2 aromatic rings. The Kier molecular flexibility index (Phi) is 5.12. The quantitative estimate of drug-likeness (QED) is 0.841. The number of hydrogen-bond donors (Lipinski definition) is 1. The van der Waals surface area contributed by atoms with Gasteiger partial charge in [0, 0.05) is 6.04 Å². The number of benzene rings is 1. The second kappa shape index (κ2) is 7.05. The first-order valence-electron chi connectivity index (χ1n) is 6.87. The van der Waals surface area contributed by atoms with E-state index in [-0.39, 0.29) is 0 Å². The third-order valence-electron chi connectivity index (χ3n) is 2.74. The highest BCUT2D eigenvalue weighted by molar-refractivity contribution is 5.27. The van der Waals surface area contributed by atoms with Crippen LogP contribution in [0.2, 0.25) is 0 Å². The highest BCUT2D eigenvalue weighted by atomic mass is 16.5. The smallest absolute Gasteiger partial charge is 0.230 e. The molecular weight excluding hydrogens is 254 g/mol. The first-order chi connectivity index (χ1) is 9.63. The first-order valence-corrected chi connectivity index (χ1v) is 6.87. The molecule has 2 rings (SSSR count). The van der Waals surface area contributed by atoms with Crippen LogP contribution in [0.4, 0.5) is 0 Å². The van der Waals surface area contributed by atoms with Crippen molar-refractivity contribution in [2.24, 2.45) is 0 Å². The van der Waals surface area contributed by atoms with Gasteiger partial charge in [0.1, 0.15) is 5.75 Å². The van der Waals surface area contributed by atoms with Crippen LogP contribution in [-0.4, -0.2) is 22.8 Å². The van der Waals surface area contributed by atoms with Gasteiger partial charge in [-0.2, -0.15) is 0 Å². The third kappa shape index (κ3) is 4.66. The number of rotatable bonds is 7. The molecule has 0 saturated carbocycles. The van der Waals surface area contributed by atoms with Gasteiger partial charge in [-0.05, 0) is 24.6 Å². The molecule has 0 radical (unpaired) electrons. The summed E-state index contributed by atoms with van der Waals surface area (Å²) >= 11 is 0. The van der Waals surface area contributed by atoms with Crippen molar-refractivity contribution in [3.8, 4) is 5.75 Å². The first kappa shape index (κ1) is 14.5. The van der Waals surface area contributed by atoms with Crippen molar-refractivity contribution in [3.05, 3.63) is 41.6 Å². The van der Waals surface area contributed by atoms with E-state index in [1.807, 2.05) is 31.2 Å². The molecule has 0 spiro atoms. The van der Waals surface area contributed by atoms with Gasteiger partial charge in [0.2, 0.25) is 11.8 Å². The monoisotopic (exact) mass is 275 g/mol. The summed E-state index contributed by atoms with van der Waals surface area (Å²) < 4.78 is 11.2. The third-order valence-corrected chi connectivity index (χ3v) is 2.74. The van der Waals surface area contributed by atoms with E-state index in [0.717, 1.165) is 5.75 Å². The minimum Gasteiger partial charge on any atom is -0.493 e. The van der Waals surface area contributed by atoms with Crippen LogP contribution in [0, 0.1) is 6.92 Å². The summed E-state index contributed by atoms with van der Waals surface area (Å²) in [5.74, 6) is 2.09. The maximum atomic E-state index is 5.65. The van der Waals surface area contributed by atoms with E-state index in [9.17, 15) is 0 Å². The van der Waals surface area contributed by atoms with Crippen molar-refractivity contribution in [3.63, 3.8) is 0 Å². The van der Waals surface area contributed by atoms with E-state index in [4.69, 9.17) is 9.15 Å². The van der Waals surface area contributed by atoms with Crippen LogP contribution in [0.1, 0.15) is 31.2 Å². The Balaban J connectivity index is 1.77. The van der Waals surface area contributed by atoms with Gasteiger partial charge < -0.3 is 14.5 Å². The van der Waals surface area contributed by atoms with Crippen molar-refractivity contribution in [2.45, 2.75) is 39.8 Å². The number of hydrogen-bond acceptors (Lipinski definition) is 5. The second-order valence-corrected chi connectivity index (χ2v) is 5.04. The van der Waals surface area contributed by atoms with E-state index >= 15 is 0 Å². The van der Waals surface area contributed by atoms with Gasteiger partial charge >= 0.3 is 0 Å². The molecule has 5 nitrogen and oxygen atoms in total. The van der Waals surface area contributed by atoms with Crippen molar-refractivity contribution in [2.75, 3.05) is 6.61 Å². The summed E-state index contributed by atoms with van der Waals surface area (Å²) in [5, 5.41) is 11.2. The van der Waals surface area contributed by atoms with Gasteiger partial charge in [-0.25, -0.2) is 0 Å². The minimum absolute atomic E-state index is 0.398. The Bertz CT molecular complexity index is 537. The molecule has 0 aliphatic heterocycles. The van der Waals surface area contributed by atoms with Gasteiger partial charge in [0.05, 0.1) is 19.6 Å². The number of nitrogens with one attached hydrogen (secondary N) is 1. The number of aromatic nitrogens is 2. The summed E-state index contributed by atoms with van der Waals surface area (Å²) in [7, 11) is 0. The highest BCUT2D eigenvalue weighted by Crippen LogP contribution is 2.12. The Hall–Kier alpha value is -1.88. The Morgan fingerprint density at radius 3 is 2.80 bits per heavy atom. The Morgan fingerprint density at radius 2 is 2.05 bits per heavy atom. The van der Waals surface area contributed by atoms with E-state index < -0.39 is 0 Å². The molecule has 5 heteroatoms. The van der Waals surface area contributed by atoms with Gasteiger partial charge in [0.15, 0.2) is 0 Å². The Morgan fingerprint density at radius 1 is 1.25 bits per heavy atom. The lowest BCUT2D eigenvalue weighted by Crippen LogP contribution is -2.21. The average molecular weight is 275 g/mol. The molecule has 108 valence electrons. The van der Waals surface area contributed by atoms with Crippen LogP contribution in [0.25, 0.3) is 0 Å². The van der Waals surface area contributed by atoms with Crippen LogP contribution >= 0.6 is 0 Å². The summed E-state index contributed by atoms with van der Waals surface area (Å²) in [6.45, 7) is 7.32. The predicted molar refractivity (Wildman–Crippen MR) is 76.7 cm³/mol. The molecule has 0 fully saturated rings. The normalized spacial score (nSPS) is 11.0. The zero-order valence-corrected chi connectivity index (χ0v) is 12.2. The van der Waals surface area contributed by atoms with Gasteiger partial charge in [-0.1, -0.05) is 26.0 Å². The lowest BCUT2D eigenvalue weighted by atomic mass is 10.2. The fourth-order valence-corrected chi connectivity index (χ4v) is 1.71. The number of ether oxygens (including phenoxy) is 1. The molecule has 0 aliphatic rings. The molecule has 1 N–H and O–H groups in total. The van der Waals surface area contributed by atoms with E-state index in [2.05, 4.69) is 29.4 Å². The molecule has 0 atom stereocenters. The zero-order valence-electron chi connectivity index (χ0n) is 12.2. The summed E-state index contributed by atoms with van der Waals surface area (Å²) in [6.07, 6.45) is 0.614. The van der Waals surface area contributed by atoms with Crippen LogP contribution in [0.5, 0.6) is 5.75 Å². The molecular formula is C15H21N3O2. The molecule has 0 saturated heterocycles. The van der Waals surface area contributed by atoms with Crippen molar-refractivity contribution >= 4 is 0 Å². The molecule has 0 bridgehead atoms. The van der Waals surface area contributed by atoms with E-state index in [0.29, 0.717) is 37.4 Å². The van der Waals surface area contributed by atoms with E-state index in [1.165, 1.54) is 5.56 Å². The molecule has 1 heterocycles. The zero-order chi connectivity index (χ0) is 14.4. The maximum Gasteiger partial charge on any atom is 0.230 e. The lowest BCUT2D eigenvalue weighted by Gasteiger charge is -2.05.